The molecule has 2 saturated carbocycles. The summed E-state index contributed by atoms with van der Waals surface area (Å²) in [4.78, 5) is 0. The third-order valence-electron chi connectivity index (χ3n) is 4.69. The van der Waals surface area contributed by atoms with Gasteiger partial charge in [-0.15, -0.1) is 0 Å². The number of hydrogen-bond acceptors (Lipinski definition) is 3. The third kappa shape index (κ3) is 3.94. The number of ether oxygens (including phenoxy) is 1. The molecule has 3 nitrogen and oxygen atoms in total. The summed E-state index contributed by atoms with van der Waals surface area (Å²) in [5.41, 5.74) is 7.06. The Morgan fingerprint density at radius 2 is 1.82 bits per heavy atom. The summed E-state index contributed by atoms with van der Waals surface area (Å²) in [5.74, 6) is 0. The highest BCUT2D eigenvalue weighted by Gasteiger charge is 2.41. The van der Waals surface area contributed by atoms with Crippen LogP contribution in [0.5, 0.6) is 0 Å². The van der Waals surface area contributed by atoms with E-state index in [1.54, 1.807) is 7.11 Å². The van der Waals surface area contributed by atoms with Crippen LogP contribution >= 0.6 is 0 Å². The highest BCUT2D eigenvalue weighted by Crippen LogP contribution is 2.48. The van der Waals surface area contributed by atoms with Gasteiger partial charge in [-0.25, -0.2) is 0 Å². The van der Waals surface area contributed by atoms with E-state index in [2.05, 4.69) is 5.32 Å². The normalized spacial score (nSPS) is 25.1. The van der Waals surface area contributed by atoms with Gasteiger partial charge in [0.1, 0.15) is 0 Å². The lowest BCUT2D eigenvalue weighted by molar-refractivity contribution is 0.171. The molecule has 0 heterocycles. The molecular formula is C14H28N2O. The van der Waals surface area contributed by atoms with E-state index in [0.29, 0.717) is 5.41 Å². The van der Waals surface area contributed by atoms with Gasteiger partial charge in [-0.3, -0.25) is 0 Å². The standard InChI is InChI=1S/C14H28N2O/c1-17-11-9-13(6-7-13)12-16-10-8-14(15)4-2-3-5-14/h16H,2-12,15H2,1H3. The van der Waals surface area contributed by atoms with Crippen LogP contribution in [0.15, 0.2) is 0 Å². The molecule has 0 aromatic rings. The maximum atomic E-state index is 6.34. The van der Waals surface area contributed by atoms with Gasteiger partial charge in [0.25, 0.3) is 0 Å². The van der Waals surface area contributed by atoms with E-state index < -0.39 is 0 Å². The molecule has 0 radical (unpaired) electrons. The summed E-state index contributed by atoms with van der Waals surface area (Å²) in [5, 5.41) is 3.61. The predicted octanol–water partition coefficient (Wildman–Crippen LogP) is 2.05. The Hall–Kier alpha value is -0.120. The Morgan fingerprint density at radius 1 is 1.12 bits per heavy atom. The predicted molar refractivity (Wildman–Crippen MR) is 71.0 cm³/mol. The SMILES string of the molecule is COCCC1(CNCCC2(N)CCCC2)CC1. The van der Waals surface area contributed by atoms with Crippen LogP contribution in [0, 0.1) is 5.41 Å². The highest BCUT2D eigenvalue weighted by atomic mass is 16.5. The first kappa shape index (κ1) is 13.3. The molecule has 0 spiro atoms. The van der Waals surface area contributed by atoms with Crippen molar-refractivity contribution in [1.29, 1.82) is 0 Å². The Balaban J connectivity index is 1.57. The van der Waals surface area contributed by atoms with Crippen LogP contribution in [-0.2, 0) is 4.74 Å². The summed E-state index contributed by atoms with van der Waals surface area (Å²) in [6, 6.07) is 0. The molecule has 0 aromatic heterocycles. The van der Waals surface area contributed by atoms with Crippen molar-refractivity contribution in [2.24, 2.45) is 11.1 Å². The topological polar surface area (TPSA) is 47.3 Å². The average molecular weight is 240 g/mol. The first-order chi connectivity index (χ1) is 8.18. The van der Waals surface area contributed by atoms with E-state index >= 15 is 0 Å². The quantitative estimate of drug-likeness (QED) is 0.638. The first-order valence-electron chi connectivity index (χ1n) is 7.17. The fourth-order valence-electron chi connectivity index (χ4n) is 3.03. The molecule has 3 heteroatoms. The van der Waals surface area contributed by atoms with E-state index in [-0.39, 0.29) is 5.54 Å². The van der Waals surface area contributed by atoms with Crippen LogP contribution in [0.2, 0.25) is 0 Å². The number of nitrogens with two attached hydrogens (primary N) is 1. The third-order valence-corrected chi connectivity index (χ3v) is 4.69. The summed E-state index contributed by atoms with van der Waals surface area (Å²) in [6.07, 6.45) is 10.2. The van der Waals surface area contributed by atoms with Crippen molar-refractivity contribution < 1.29 is 4.74 Å². The van der Waals surface area contributed by atoms with Crippen molar-refractivity contribution >= 4 is 0 Å². The summed E-state index contributed by atoms with van der Waals surface area (Å²) in [6.45, 7) is 3.15. The summed E-state index contributed by atoms with van der Waals surface area (Å²) in [7, 11) is 1.79. The van der Waals surface area contributed by atoms with Crippen molar-refractivity contribution in [2.45, 2.75) is 56.9 Å². The van der Waals surface area contributed by atoms with Crippen LogP contribution in [0.4, 0.5) is 0 Å². The average Bonchev–Trinajstić information content (AvgIpc) is 2.97. The van der Waals surface area contributed by atoms with Crippen molar-refractivity contribution in [3.8, 4) is 0 Å². The fraction of sp³-hybridized carbons (Fsp3) is 1.00. The Morgan fingerprint density at radius 3 is 2.41 bits per heavy atom. The number of nitrogens with one attached hydrogen (secondary N) is 1. The van der Waals surface area contributed by atoms with Crippen molar-refractivity contribution in [3.05, 3.63) is 0 Å². The van der Waals surface area contributed by atoms with Crippen molar-refractivity contribution in [1.82, 2.24) is 5.32 Å². The van der Waals surface area contributed by atoms with Crippen molar-refractivity contribution in [3.63, 3.8) is 0 Å². The smallest absolute Gasteiger partial charge is 0.0468 e. The molecule has 0 bridgehead atoms. The molecular weight excluding hydrogens is 212 g/mol. The minimum atomic E-state index is 0.149. The number of hydrogen-bond donors (Lipinski definition) is 2. The van der Waals surface area contributed by atoms with Crippen LogP contribution in [0.3, 0.4) is 0 Å². The molecule has 0 amide bonds. The molecule has 0 saturated heterocycles. The van der Waals surface area contributed by atoms with Crippen LogP contribution in [0.25, 0.3) is 0 Å². The molecule has 0 aromatic carbocycles. The maximum Gasteiger partial charge on any atom is 0.0468 e. The van der Waals surface area contributed by atoms with Crippen LogP contribution < -0.4 is 11.1 Å². The van der Waals surface area contributed by atoms with Crippen molar-refractivity contribution in [2.75, 3.05) is 26.8 Å². The Labute approximate surface area is 105 Å². The lowest BCUT2D eigenvalue weighted by atomic mass is 9.94. The molecule has 2 fully saturated rings. The monoisotopic (exact) mass is 240 g/mol. The lowest BCUT2D eigenvalue weighted by Crippen LogP contribution is -2.40. The minimum Gasteiger partial charge on any atom is -0.385 e. The van der Waals surface area contributed by atoms with Gasteiger partial charge in [-0.1, -0.05) is 12.8 Å². The van der Waals surface area contributed by atoms with Crippen LogP contribution in [-0.4, -0.2) is 32.3 Å². The Kier molecular flexibility index (Phi) is 4.45. The van der Waals surface area contributed by atoms with Gasteiger partial charge in [-0.2, -0.15) is 0 Å². The molecule has 2 rings (SSSR count). The van der Waals surface area contributed by atoms with E-state index in [4.69, 9.17) is 10.5 Å². The van der Waals surface area contributed by atoms with Gasteiger partial charge in [0, 0.05) is 25.8 Å². The van der Waals surface area contributed by atoms with Gasteiger partial charge < -0.3 is 15.8 Å². The number of methoxy groups -OCH3 is 1. The second kappa shape index (κ2) is 5.68. The number of rotatable bonds is 8. The molecule has 0 aliphatic heterocycles. The highest BCUT2D eigenvalue weighted by molar-refractivity contribution is 4.95. The first-order valence-corrected chi connectivity index (χ1v) is 7.17. The molecule has 0 atom stereocenters. The van der Waals surface area contributed by atoms with E-state index in [0.717, 1.165) is 26.1 Å². The van der Waals surface area contributed by atoms with Gasteiger partial charge in [0.15, 0.2) is 0 Å². The second-order valence-electron chi connectivity index (χ2n) is 6.24. The van der Waals surface area contributed by atoms with Crippen LogP contribution in [0.1, 0.15) is 51.4 Å². The second-order valence-corrected chi connectivity index (χ2v) is 6.24. The molecule has 2 aliphatic rings. The van der Waals surface area contributed by atoms with Gasteiger partial charge in [-0.05, 0) is 50.5 Å². The molecule has 2 aliphatic carbocycles. The minimum absolute atomic E-state index is 0.149. The zero-order chi connectivity index (χ0) is 12.2. The van der Waals surface area contributed by atoms with Gasteiger partial charge in [0.2, 0.25) is 0 Å². The van der Waals surface area contributed by atoms with Gasteiger partial charge >= 0.3 is 0 Å². The lowest BCUT2D eigenvalue weighted by Gasteiger charge is -2.24. The van der Waals surface area contributed by atoms with E-state index in [1.807, 2.05) is 0 Å². The maximum absolute atomic E-state index is 6.34. The van der Waals surface area contributed by atoms with E-state index in [1.165, 1.54) is 44.9 Å². The summed E-state index contributed by atoms with van der Waals surface area (Å²) < 4.78 is 5.17. The molecule has 100 valence electrons. The fourth-order valence-corrected chi connectivity index (χ4v) is 3.03. The zero-order valence-corrected chi connectivity index (χ0v) is 11.3. The largest absolute Gasteiger partial charge is 0.385 e. The summed E-state index contributed by atoms with van der Waals surface area (Å²) >= 11 is 0. The Bertz CT molecular complexity index is 232. The molecule has 0 unspecified atom stereocenters. The zero-order valence-electron chi connectivity index (χ0n) is 11.3. The molecule has 17 heavy (non-hydrogen) atoms. The molecule has 3 N–H and O–H groups in total. The van der Waals surface area contributed by atoms with Gasteiger partial charge in [0.05, 0.1) is 0 Å². The van der Waals surface area contributed by atoms with E-state index in [9.17, 15) is 0 Å².